The highest BCUT2D eigenvalue weighted by molar-refractivity contribution is 5.87. The lowest BCUT2D eigenvalue weighted by atomic mass is 9.91. The van der Waals surface area contributed by atoms with Crippen LogP contribution >= 0.6 is 0 Å². The molecule has 1 N–H and O–H groups in total. The second kappa shape index (κ2) is 7.38. The van der Waals surface area contributed by atoms with E-state index in [0.29, 0.717) is 25.7 Å². The lowest BCUT2D eigenvalue weighted by molar-refractivity contribution is -0.152. The largest absolute Gasteiger partial charge is 0.462 e. The molecule has 1 rings (SSSR count). The minimum atomic E-state index is -0.933. The average molecular weight is 312 g/mol. The molecule has 1 fully saturated rings. The van der Waals surface area contributed by atoms with Crippen LogP contribution in [0.5, 0.6) is 0 Å². The van der Waals surface area contributed by atoms with Gasteiger partial charge in [0.15, 0.2) is 5.78 Å². The van der Waals surface area contributed by atoms with Crippen molar-refractivity contribution in [2.75, 3.05) is 6.61 Å². The van der Waals surface area contributed by atoms with Crippen molar-refractivity contribution in [3.8, 4) is 0 Å². The van der Waals surface area contributed by atoms with Crippen molar-refractivity contribution in [3.05, 3.63) is 11.6 Å². The van der Waals surface area contributed by atoms with Crippen LogP contribution < -0.4 is 0 Å². The summed E-state index contributed by atoms with van der Waals surface area (Å²) < 4.78 is 10.7. The van der Waals surface area contributed by atoms with Crippen molar-refractivity contribution < 1.29 is 24.2 Å². The highest BCUT2D eigenvalue weighted by atomic mass is 16.5. The van der Waals surface area contributed by atoms with Crippen molar-refractivity contribution in [2.45, 2.75) is 77.6 Å². The van der Waals surface area contributed by atoms with Crippen LogP contribution in [0.2, 0.25) is 0 Å². The first-order chi connectivity index (χ1) is 10.0. The Hall–Kier alpha value is -1.20. The van der Waals surface area contributed by atoms with E-state index >= 15 is 0 Å². The molecule has 0 unspecified atom stereocenters. The maximum atomic E-state index is 12.4. The van der Waals surface area contributed by atoms with Crippen LogP contribution in [0.3, 0.4) is 0 Å². The fourth-order valence-corrected chi connectivity index (χ4v) is 2.52. The molecule has 0 amide bonds. The van der Waals surface area contributed by atoms with Crippen molar-refractivity contribution in [1.29, 1.82) is 0 Å². The van der Waals surface area contributed by atoms with Crippen LogP contribution in [0.1, 0.15) is 60.3 Å². The Morgan fingerprint density at radius 2 is 2.00 bits per heavy atom. The number of carbonyl (C=O) groups is 2. The van der Waals surface area contributed by atoms with E-state index in [9.17, 15) is 14.7 Å². The average Bonchev–Trinajstić information content (AvgIpc) is 2.79. The highest BCUT2D eigenvalue weighted by Crippen LogP contribution is 2.36. The molecule has 0 radical (unpaired) electrons. The lowest BCUT2D eigenvalue weighted by Crippen LogP contribution is -2.41. The van der Waals surface area contributed by atoms with Gasteiger partial charge in [-0.15, -0.1) is 0 Å². The summed E-state index contributed by atoms with van der Waals surface area (Å²) in [5.41, 5.74) is -0.728. The number of ether oxygens (including phenoxy) is 2. The van der Waals surface area contributed by atoms with Gasteiger partial charge in [-0.05, 0) is 53.0 Å². The zero-order valence-corrected chi connectivity index (χ0v) is 14.3. The molecular weight excluding hydrogens is 284 g/mol. The van der Waals surface area contributed by atoms with E-state index in [4.69, 9.17) is 9.47 Å². The van der Waals surface area contributed by atoms with Crippen LogP contribution in [0.25, 0.3) is 0 Å². The van der Waals surface area contributed by atoms with E-state index in [0.717, 1.165) is 5.57 Å². The molecule has 5 heteroatoms. The summed E-state index contributed by atoms with van der Waals surface area (Å²) in [6.45, 7) is 8.73. The second-order valence-electron chi connectivity index (χ2n) is 6.81. The van der Waals surface area contributed by atoms with Gasteiger partial charge in [0.1, 0.15) is 12.2 Å². The Morgan fingerprint density at radius 3 is 2.50 bits per heavy atom. The standard InChI is InChI=1S/C17H28O5/c1-12(9-11-21-13(2)18)6-7-14(19)17(5)10-8-15(22-17)16(3,4)20/h9,15,20H,6-8,10-11H2,1-5H3/b12-9-/t15-,17+/m1/s1. The molecule has 126 valence electrons. The third-order valence-electron chi connectivity index (χ3n) is 4.13. The summed E-state index contributed by atoms with van der Waals surface area (Å²) in [6.07, 6.45) is 3.83. The molecule has 1 aliphatic heterocycles. The normalized spacial score (nSPS) is 26.1. The minimum Gasteiger partial charge on any atom is -0.462 e. The molecule has 1 heterocycles. The van der Waals surface area contributed by atoms with Crippen molar-refractivity contribution in [2.24, 2.45) is 0 Å². The Labute approximate surface area is 132 Å². The monoisotopic (exact) mass is 312 g/mol. The van der Waals surface area contributed by atoms with Gasteiger partial charge in [0, 0.05) is 13.3 Å². The van der Waals surface area contributed by atoms with Gasteiger partial charge in [0.05, 0.1) is 11.7 Å². The second-order valence-corrected chi connectivity index (χ2v) is 6.81. The molecule has 0 aromatic carbocycles. The Balaban J connectivity index is 2.47. The van der Waals surface area contributed by atoms with Crippen molar-refractivity contribution >= 4 is 11.8 Å². The molecule has 0 aliphatic carbocycles. The fraction of sp³-hybridized carbons (Fsp3) is 0.765. The quantitative estimate of drug-likeness (QED) is 0.578. The van der Waals surface area contributed by atoms with Gasteiger partial charge in [-0.2, -0.15) is 0 Å². The fourth-order valence-electron chi connectivity index (χ4n) is 2.52. The number of Topliss-reactive ketones (excluding diaryl/α,β-unsaturated/α-hetero) is 1. The van der Waals surface area contributed by atoms with E-state index < -0.39 is 11.2 Å². The number of ketones is 1. The number of hydrogen-bond donors (Lipinski definition) is 1. The summed E-state index contributed by atoms with van der Waals surface area (Å²) in [4.78, 5) is 23.1. The van der Waals surface area contributed by atoms with Crippen LogP contribution in [0, 0.1) is 0 Å². The minimum absolute atomic E-state index is 0.0551. The van der Waals surface area contributed by atoms with Gasteiger partial charge in [0.2, 0.25) is 0 Å². The smallest absolute Gasteiger partial charge is 0.302 e. The predicted molar refractivity (Wildman–Crippen MR) is 83.4 cm³/mol. The van der Waals surface area contributed by atoms with Crippen LogP contribution in [0.4, 0.5) is 0 Å². The van der Waals surface area contributed by atoms with Gasteiger partial charge in [-0.25, -0.2) is 0 Å². The number of aliphatic hydroxyl groups is 1. The summed E-state index contributed by atoms with van der Waals surface area (Å²) >= 11 is 0. The molecule has 0 aromatic heterocycles. The van der Waals surface area contributed by atoms with Crippen LogP contribution in [-0.2, 0) is 19.1 Å². The third-order valence-corrected chi connectivity index (χ3v) is 4.13. The van der Waals surface area contributed by atoms with E-state index in [1.165, 1.54) is 6.92 Å². The van der Waals surface area contributed by atoms with Gasteiger partial charge in [-0.3, -0.25) is 9.59 Å². The lowest BCUT2D eigenvalue weighted by Gasteiger charge is -2.29. The summed E-state index contributed by atoms with van der Waals surface area (Å²) in [6, 6.07) is 0. The summed E-state index contributed by atoms with van der Waals surface area (Å²) in [7, 11) is 0. The maximum absolute atomic E-state index is 12.4. The Morgan fingerprint density at radius 1 is 1.36 bits per heavy atom. The number of rotatable bonds is 7. The third kappa shape index (κ3) is 5.54. The molecule has 1 saturated heterocycles. The molecular formula is C17H28O5. The Bertz CT molecular complexity index is 446. The van der Waals surface area contributed by atoms with Crippen molar-refractivity contribution in [1.82, 2.24) is 0 Å². The van der Waals surface area contributed by atoms with Gasteiger partial charge < -0.3 is 14.6 Å². The molecule has 0 spiro atoms. The van der Waals surface area contributed by atoms with E-state index in [2.05, 4.69) is 0 Å². The molecule has 0 saturated carbocycles. The molecule has 0 aromatic rings. The summed E-state index contributed by atoms with van der Waals surface area (Å²) in [5.74, 6) is -0.260. The first-order valence-electron chi connectivity index (χ1n) is 7.77. The molecule has 2 atom stereocenters. The Kier molecular flexibility index (Phi) is 6.32. The zero-order chi connectivity index (χ0) is 17.0. The maximum Gasteiger partial charge on any atom is 0.302 e. The van der Waals surface area contributed by atoms with Gasteiger partial charge in [0.25, 0.3) is 0 Å². The number of hydrogen-bond acceptors (Lipinski definition) is 5. The first kappa shape index (κ1) is 18.8. The number of carbonyl (C=O) groups excluding carboxylic acids is 2. The van der Waals surface area contributed by atoms with E-state index in [-0.39, 0.29) is 24.5 Å². The van der Waals surface area contributed by atoms with Crippen LogP contribution in [-0.4, -0.2) is 40.8 Å². The van der Waals surface area contributed by atoms with E-state index in [1.807, 2.05) is 13.0 Å². The zero-order valence-electron chi connectivity index (χ0n) is 14.3. The summed E-state index contributed by atoms with van der Waals surface area (Å²) in [5, 5.41) is 10.0. The van der Waals surface area contributed by atoms with Gasteiger partial charge in [-0.1, -0.05) is 5.57 Å². The molecule has 1 aliphatic rings. The van der Waals surface area contributed by atoms with Crippen LogP contribution in [0.15, 0.2) is 11.6 Å². The van der Waals surface area contributed by atoms with Gasteiger partial charge >= 0.3 is 5.97 Å². The van der Waals surface area contributed by atoms with Crippen molar-refractivity contribution in [3.63, 3.8) is 0 Å². The predicted octanol–water partition coefficient (Wildman–Crippen LogP) is 2.55. The SMILES string of the molecule is CC(=O)OC/C=C(/C)CCC(=O)[C@]1(C)CC[C@H](C(C)(C)O)O1. The number of allylic oxidation sites excluding steroid dienone is 1. The first-order valence-corrected chi connectivity index (χ1v) is 7.77. The molecule has 5 nitrogen and oxygen atoms in total. The number of esters is 1. The highest BCUT2D eigenvalue weighted by Gasteiger charge is 2.46. The molecule has 0 bridgehead atoms. The van der Waals surface area contributed by atoms with E-state index in [1.54, 1.807) is 20.8 Å². The topological polar surface area (TPSA) is 72.8 Å². The molecule has 22 heavy (non-hydrogen) atoms.